The van der Waals surface area contributed by atoms with Crippen LogP contribution in [-0.2, 0) is 0 Å². The minimum Gasteiger partial charge on any atom is -0.495 e. The number of hydrogen-bond donors (Lipinski definition) is 1. The van der Waals surface area contributed by atoms with Crippen molar-refractivity contribution in [3.05, 3.63) is 42.3 Å². The van der Waals surface area contributed by atoms with Crippen molar-refractivity contribution in [3.8, 4) is 11.8 Å². The molecule has 2 aromatic heterocycles. The molecule has 4 aromatic rings. The van der Waals surface area contributed by atoms with E-state index in [1.165, 1.54) is 17.7 Å². The minimum absolute atomic E-state index is 0.549. The van der Waals surface area contributed by atoms with Crippen molar-refractivity contribution in [2.45, 2.75) is 0 Å². The van der Waals surface area contributed by atoms with Crippen molar-refractivity contribution in [2.24, 2.45) is 0 Å². The van der Waals surface area contributed by atoms with Crippen molar-refractivity contribution in [1.82, 2.24) is 9.97 Å². The summed E-state index contributed by atoms with van der Waals surface area (Å²) in [6, 6.07) is 11.1. The fourth-order valence-electron chi connectivity index (χ4n) is 2.36. The predicted molar refractivity (Wildman–Crippen MR) is 88.2 cm³/mol. The molecule has 0 saturated carbocycles. The van der Waals surface area contributed by atoms with Crippen molar-refractivity contribution < 1.29 is 9.15 Å². The molecule has 112 valence electrons. The molecule has 0 radical (unpaired) electrons. The van der Waals surface area contributed by atoms with Gasteiger partial charge in [0.1, 0.15) is 16.8 Å². The van der Waals surface area contributed by atoms with Crippen molar-refractivity contribution in [1.29, 1.82) is 5.26 Å². The van der Waals surface area contributed by atoms with E-state index in [1.807, 2.05) is 12.1 Å². The van der Waals surface area contributed by atoms with E-state index in [0.717, 1.165) is 15.7 Å². The molecule has 4 rings (SSSR count). The van der Waals surface area contributed by atoms with Gasteiger partial charge in [0.05, 0.1) is 29.1 Å². The second-order valence-corrected chi connectivity index (χ2v) is 5.81. The minimum atomic E-state index is 0.549. The third-order valence-corrected chi connectivity index (χ3v) is 4.36. The summed E-state index contributed by atoms with van der Waals surface area (Å²) < 4.78 is 11.6. The molecular weight excluding hydrogens is 312 g/mol. The highest BCUT2D eigenvalue weighted by Crippen LogP contribution is 2.35. The number of oxazole rings is 1. The summed E-state index contributed by atoms with van der Waals surface area (Å²) in [6.07, 6.45) is 1.41. The first kappa shape index (κ1) is 13.5. The summed E-state index contributed by atoms with van der Waals surface area (Å²) in [5, 5.41) is 13.0. The zero-order chi connectivity index (χ0) is 15.8. The van der Waals surface area contributed by atoms with E-state index < -0.39 is 0 Å². The first-order valence-electron chi connectivity index (χ1n) is 6.76. The monoisotopic (exact) mass is 322 g/mol. The van der Waals surface area contributed by atoms with Crippen LogP contribution in [0.5, 0.6) is 5.75 Å². The molecule has 0 aliphatic heterocycles. The summed E-state index contributed by atoms with van der Waals surface area (Å²) in [5.74, 6) is 0.648. The summed E-state index contributed by atoms with van der Waals surface area (Å²) in [4.78, 5) is 8.80. The molecular formula is C16H10N4O2S. The maximum Gasteiger partial charge on any atom is 0.188 e. The van der Waals surface area contributed by atoms with Gasteiger partial charge in [-0.25, -0.2) is 9.97 Å². The molecule has 6 nitrogen and oxygen atoms in total. The largest absolute Gasteiger partial charge is 0.495 e. The highest BCUT2D eigenvalue weighted by Gasteiger charge is 2.12. The Kier molecular flexibility index (Phi) is 3.10. The van der Waals surface area contributed by atoms with Gasteiger partial charge in [0, 0.05) is 0 Å². The zero-order valence-electron chi connectivity index (χ0n) is 12.0. The molecule has 7 heteroatoms. The summed E-state index contributed by atoms with van der Waals surface area (Å²) >= 11 is 1.50. The number of nitrogens with one attached hydrogen (secondary N) is 1. The number of fused-ring (bicyclic) bond motifs is 3. The predicted octanol–water partition coefficient (Wildman–Crippen LogP) is 4.06. The van der Waals surface area contributed by atoms with Crippen LogP contribution in [0.15, 0.2) is 41.1 Å². The molecule has 2 aromatic carbocycles. The first-order chi connectivity index (χ1) is 11.3. The second kappa shape index (κ2) is 5.26. The number of ether oxygens (including phenoxy) is 1. The van der Waals surface area contributed by atoms with Gasteiger partial charge in [-0.2, -0.15) is 5.26 Å². The third kappa shape index (κ3) is 2.25. The number of anilines is 2. The molecule has 0 bridgehead atoms. The van der Waals surface area contributed by atoms with Crippen LogP contribution in [0.4, 0.5) is 10.8 Å². The molecule has 0 aliphatic carbocycles. The molecule has 0 aliphatic rings. The number of nitrogens with zero attached hydrogens (tertiary/aromatic N) is 3. The Morgan fingerprint density at radius 3 is 3.00 bits per heavy atom. The summed E-state index contributed by atoms with van der Waals surface area (Å²) in [7, 11) is 1.59. The maximum atomic E-state index is 9.05. The topological polar surface area (TPSA) is 84.0 Å². The number of rotatable bonds is 3. The average Bonchev–Trinajstić information content (AvgIpc) is 3.19. The van der Waals surface area contributed by atoms with Gasteiger partial charge in [-0.05, 0) is 30.3 Å². The molecule has 0 amide bonds. The fraction of sp³-hybridized carbons (Fsp3) is 0.0625. The molecule has 23 heavy (non-hydrogen) atoms. The van der Waals surface area contributed by atoms with E-state index >= 15 is 0 Å². The SMILES string of the molecule is COc1ccc(C#N)cc1Nc1nc2c(ccc3ocnc32)s1. The van der Waals surface area contributed by atoms with E-state index in [1.54, 1.807) is 25.3 Å². The van der Waals surface area contributed by atoms with Crippen LogP contribution in [0.3, 0.4) is 0 Å². The third-order valence-electron chi connectivity index (χ3n) is 3.43. The van der Waals surface area contributed by atoms with E-state index in [0.29, 0.717) is 27.7 Å². The van der Waals surface area contributed by atoms with Crippen LogP contribution in [-0.4, -0.2) is 17.1 Å². The first-order valence-corrected chi connectivity index (χ1v) is 7.58. The Hall–Kier alpha value is -3.11. The molecule has 2 heterocycles. The van der Waals surface area contributed by atoms with Crippen molar-refractivity contribution in [3.63, 3.8) is 0 Å². The van der Waals surface area contributed by atoms with Gasteiger partial charge in [-0.3, -0.25) is 0 Å². The number of methoxy groups -OCH3 is 1. The van der Waals surface area contributed by atoms with Crippen molar-refractivity contribution >= 4 is 43.5 Å². The van der Waals surface area contributed by atoms with Crippen LogP contribution < -0.4 is 10.1 Å². The van der Waals surface area contributed by atoms with E-state index in [-0.39, 0.29) is 0 Å². The quantitative estimate of drug-likeness (QED) is 0.612. The molecule has 0 fully saturated rings. The molecule has 0 unspecified atom stereocenters. The Bertz CT molecular complexity index is 1060. The molecule has 0 atom stereocenters. The number of nitriles is 1. The smallest absolute Gasteiger partial charge is 0.188 e. The van der Waals surface area contributed by atoms with Gasteiger partial charge in [-0.1, -0.05) is 11.3 Å². The highest BCUT2D eigenvalue weighted by molar-refractivity contribution is 7.22. The Morgan fingerprint density at radius 2 is 2.17 bits per heavy atom. The van der Waals surface area contributed by atoms with E-state index in [9.17, 15) is 0 Å². The number of hydrogen-bond acceptors (Lipinski definition) is 7. The van der Waals surface area contributed by atoms with E-state index in [2.05, 4.69) is 21.4 Å². The highest BCUT2D eigenvalue weighted by atomic mass is 32.1. The van der Waals surface area contributed by atoms with Gasteiger partial charge >= 0.3 is 0 Å². The number of benzene rings is 2. The normalized spacial score (nSPS) is 10.8. The number of thiazole rings is 1. The average molecular weight is 322 g/mol. The lowest BCUT2D eigenvalue weighted by molar-refractivity contribution is 0.417. The van der Waals surface area contributed by atoms with Crippen LogP contribution in [0, 0.1) is 11.3 Å². The van der Waals surface area contributed by atoms with Crippen molar-refractivity contribution in [2.75, 3.05) is 12.4 Å². The Labute approximate surface area is 135 Å². The van der Waals surface area contributed by atoms with Gasteiger partial charge in [0.2, 0.25) is 0 Å². The van der Waals surface area contributed by atoms with Gasteiger partial charge in [0.15, 0.2) is 17.1 Å². The van der Waals surface area contributed by atoms with Crippen LogP contribution in [0.1, 0.15) is 5.56 Å². The van der Waals surface area contributed by atoms with Crippen LogP contribution in [0.25, 0.3) is 21.3 Å². The fourth-order valence-corrected chi connectivity index (χ4v) is 3.24. The Balaban J connectivity index is 1.80. The maximum absolute atomic E-state index is 9.05. The lowest BCUT2D eigenvalue weighted by Crippen LogP contribution is -1.94. The Morgan fingerprint density at radius 1 is 1.26 bits per heavy atom. The zero-order valence-corrected chi connectivity index (χ0v) is 12.8. The van der Waals surface area contributed by atoms with Gasteiger partial charge < -0.3 is 14.5 Å². The van der Waals surface area contributed by atoms with Gasteiger partial charge in [0.25, 0.3) is 0 Å². The lowest BCUT2D eigenvalue weighted by Gasteiger charge is -2.08. The molecule has 0 spiro atoms. The van der Waals surface area contributed by atoms with Crippen LogP contribution >= 0.6 is 11.3 Å². The summed E-state index contributed by atoms with van der Waals surface area (Å²) in [6.45, 7) is 0. The number of aromatic nitrogens is 2. The molecule has 1 N–H and O–H groups in total. The lowest BCUT2D eigenvalue weighted by atomic mass is 10.2. The standard InChI is InChI=1S/C16H10N4O2S/c1-21-11-3-2-9(7-17)6-10(11)19-16-20-15-13(23-16)5-4-12-14(15)18-8-22-12/h2-6,8H,1H3,(H,19,20). The van der Waals surface area contributed by atoms with Gasteiger partial charge in [-0.15, -0.1) is 0 Å². The molecule has 0 saturated heterocycles. The van der Waals surface area contributed by atoms with Crippen LogP contribution in [0.2, 0.25) is 0 Å². The summed E-state index contributed by atoms with van der Waals surface area (Å²) in [5.41, 5.74) is 3.48. The van der Waals surface area contributed by atoms with E-state index in [4.69, 9.17) is 14.4 Å². The second-order valence-electron chi connectivity index (χ2n) is 4.78.